The van der Waals surface area contributed by atoms with Crippen LogP contribution in [0, 0.1) is 5.41 Å². The molecule has 144 valence electrons. The molecule has 2 aromatic carbocycles. The lowest BCUT2D eigenvalue weighted by molar-refractivity contribution is -0.123. The fraction of sp³-hybridized carbons (Fsp3) is 0.190. The molecule has 1 aromatic heterocycles. The van der Waals surface area contributed by atoms with Crippen molar-refractivity contribution in [2.75, 3.05) is 10.6 Å². The lowest BCUT2D eigenvalue weighted by atomic mass is 9.95. The van der Waals surface area contributed by atoms with Crippen LogP contribution >= 0.6 is 11.6 Å². The Morgan fingerprint density at radius 3 is 2.25 bits per heavy atom. The second-order valence-electron chi connectivity index (χ2n) is 7.32. The van der Waals surface area contributed by atoms with Crippen LogP contribution in [0.25, 0.3) is 11.3 Å². The molecule has 0 fully saturated rings. The van der Waals surface area contributed by atoms with Crippen LogP contribution in [0.15, 0.2) is 59.1 Å². The van der Waals surface area contributed by atoms with Gasteiger partial charge in [-0.05, 0) is 42.5 Å². The van der Waals surface area contributed by atoms with Gasteiger partial charge in [-0.25, -0.2) is 0 Å². The molecule has 3 aromatic rings. The Bertz CT molecular complexity index is 1000. The summed E-state index contributed by atoms with van der Waals surface area (Å²) in [6.45, 7) is 5.49. The third-order valence-corrected chi connectivity index (χ3v) is 4.18. The SMILES string of the molecule is CC(C)(C)C(=O)Nc1cccc(NC(=O)c2cc(-c3ccc(Cl)cc3)on2)c1. The zero-order valence-corrected chi connectivity index (χ0v) is 16.5. The van der Waals surface area contributed by atoms with E-state index in [1.54, 1.807) is 54.6 Å². The van der Waals surface area contributed by atoms with Gasteiger partial charge in [-0.15, -0.1) is 0 Å². The van der Waals surface area contributed by atoms with Crippen LogP contribution in [0.3, 0.4) is 0 Å². The molecule has 0 spiro atoms. The maximum Gasteiger partial charge on any atom is 0.277 e. The zero-order valence-electron chi connectivity index (χ0n) is 15.7. The lowest BCUT2D eigenvalue weighted by Gasteiger charge is -2.18. The van der Waals surface area contributed by atoms with Crippen molar-refractivity contribution in [3.05, 3.63) is 65.3 Å². The van der Waals surface area contributed by atoms with Crippen LogP contribution in [0.5, 0.6) is 0 Å². The molecule has 0 aliphatic rings. The van der Waals surface area contributed by atoms with E-state index in [4.69, 9.17) is 16.1 Å². The lowest BCUT2D eigenvalue weighted by Crippen LogP contribution is -2.27. The Kier molecular flexibility index (Phi) is 5.51. The van der Waals surface area contributed by atoms with Crippen LogP contribution < -0.4 is 10.6 Å². The van der Waals surface area contributed by atoms with E-state index in [-0.39, 0.29) is 11.6 Å². The van der Waals surface area contributed by atoms with Gasteiger partial charge in [-0.1, -0.05) is 43.6 Å². The molecule has 0 atom stereocenters. The van der Waals surface area contributed by atoms with Crippen molar-refractivity contribution in [2.45, 2.75) is 20.8 Å². The summed E-state index contributed by atoms with van der Waals surface area (Å²) >= 11 is 5.88. The predicted octanol–water partition coefficient (Wildman–Crippen LogP) is 5.23. The number of hydrogen-bond acceptors (Lipinski definition) is 4. The van der Waals surface area contributed by atoms with Gasteiger partial charge in [0.1, 0.15) is 0 Å². The van der Waals surface area contributed by atoms with Crippen molar-refractivity contribution in [3.63, 3.8) is 0 Å². The molecule has 2 amide bonds. The van der Waals surface area contributed by atoms with Crippen molar-refractivity contribution in [1.82, 2.24) is 5.16 Å². The molecule has 3 rings (SSSR count). The van der Waals surface area contributed by atoms with Gasteiger partial charge < -0.3 is 15.2 Å². The number of anilines is 2. The molecule has 28 heavy (non-hydrogen) atoms. The molecule has 7 heteroatoms. The highest BCUT2D eigenvalue weighted by Crippen LogP contribution is 2.24. The van der Waals surface area contributed by atoms with Crippen molar-refractivity contribution in [3.8, 4) is 11.3 Å². The smallest absolute Gasteiger partial charge is 0.277 e. The molecule has 2 N–H and O–H groups in total. The van der Waals surface area contributed by atoms with Crippen molar-refractivity contribution >= 4 is 34.8 Å². The van der Waals surface area contributed by atoms with Crippen molar-refractivity contribution < 1.29 is 14.1 Å². The quantitative estimate of drug-likeness (QED) is 0.631. The van der Waals surface area contributed by atoms with E-state index >= 15 is 0 Å². The number of carbonyl (C=O) groups excluding carboxylic acids is 2. The van der Waals surface area contributed by atoms with Gasteiger partial charge in [-0.3, -0.25) is 9.59 Å². The Morgan fingerprint density at radius 2 is 1.61 bits per heavy atom. The Morgan fingerprint density at radius 1 is 0.964 bits per heavy atom. The number of hydrogen-bond donors (Lipinski definition) is 2. The highest BCUT2D eigenvalue weighted by atomic mass is 35.5. The second-order valence-corrected chi connectivity index (χ2v) is 7.76. The summed E-state index contributed by atoms with van der Waals surface area (Å²) in [6.07, 6.45) is 0. The number of nitrogens with one attached hydrogen (secondary N) is 2. The fourth-order valence-corrected chi connectivity index (χ4v) is 2.45. The maximum absolute atomic E-state index is 12.5. The van der Waals surface area contributed by atoms with Crippen LogP contribution in [-0.4, -0.2) is 17.0 Å². The van der Waals surface area contributed by atoms with Gasteiger partial charge in [-0.2, -0.15) is 0 Å². The zero-order chi connectivity index (χ0) is 20.3. The first-order chi connectivity index (χ1) is 13.2. The summed E-state index contributed by atoms with van der Waals surface area (Å²) < 4.78 is 5.25. The molecule has 0 radical (unpaired) electrons. The maximum atomic E-state index is 12.5. The van der Waals surface area contributed by atoms with Crippen LogP contribution in [0.4, 0.5) is 11.4 Å². The number of carbonyl (C=O) groups is 2. The first kappa shape index (κ1) is 19.6. The van der Waals surface area contributed by atoms with Gasteiger partial charge in [0.25, 0.3) is 5.91 Å². The molecular formula is C21H20ClN3O3. The average molecular weight is 398 g/mol. The topological polar surface area (TPSA) is 84.2 Å². The number of amides is 2. The Labute approximate surface area is 167 Å². The summed E-state index contributed by atoms with van der Waals surface area (Å²) in [5.74, 6) is -0.0589. The second kappa shape index (κ2) is 7.86. The van der Waals surface area contributed by atoms with E-state index in [2.05, 4.69) is 15.8 Å². The minimum Gasteiger partial charge on any atom is -0.355 e. The van der Waals surface area contributed by atoms with E-state index in [0.29, 0.717) is 22.2 Å². The van der Waals surface area contributed by atoms with Crippen LogP contribution in [-0.2, 0) is 4.79 Å². The van der Waals surface area contributed by atoms with Crippen molar-refractivity contribution in [1.29, 1.82) is 0 Å². The molecule has 0 saturated carbocycles. The molecule has 0 aliphatic carbocycles. The summed E-state index contributed by atoms with van der Waals surface area (Å²) in [5.41, 5.74) is 1.53. The van der Waals surface area contributed by atoms with Crippen LogP contribution in [0.2, 0.25) is 5.02 Å². The molecule has 0 aliphatic heterocycles. The van der Waals surface area contributed by atoms with E-state index in [0.717, 1.165) is 5.56 Å². The normalized spacial score (nSPS) is 11.1. The van der Waals surface area contributed by atoms with Crippen molar-refractivity contribution in [2.24, 2.45) is 5.41 Å². The monoisotopic (exact) mass is 397 g/mol. The highest BCUT2D eigenvalue weighted by molar-refractivity contribution is 6.30. The molecule has 0 saturated heterocycles. The molecule has 1 heterocycles. The molecule has 0 unspecified atom stereocenters. The van der Waals surface area contributed by atoms with E-state index in [1.165, 1.54) is 0 Å². The minimum absolute atomic E-state index is 0.111. The average Bonchev–Trinajstić information content (AvgIpc) is 3.12. The largest absolute Gasteiger partial charge is 0.355 e. The fourth-order valence-electron chi connectivity index (χ4n) is 2.32. The number of benzene rings is 2. The van der Waals surface area contributed by atoms with Gasteiger partial charge in [0.05, 0.1) is 0 Å². The molecular weight excluding hydrogens is 378 g/mol. The number of nitrogens with zero attached hydrogens (tertiary/aromatic N) is 1. The number of rotatable bonds is 4. The van der Waals surface area contributed by atoms with E-state index < -0.39 is 11.3 Å². The Hall–Kier alpha value is -3.12. The van der Waals surface area contributed by atoms with Gasteiger partial charge in [0.2, 0.25) is 5.91 Å². The summed E-state index contributed by atoms with van der Waals surface area (Å²) in [4.78, 5) is 24.6. The summed E-state index contributed by atoms with van der Waals surface area (Å²) in [5, 5.41) is 10.0. The highest BCUT2D eigenvalue weighted by Gasteiger charge is 2.21. The van der Waals surface area contributed by atoms with Gasteiger partial charge in [0, 0.05) is 33.4 Å². The predicted molar refractivity (Wildman–Crippen MR) is 109 cm³/mol. The minimum atomic E-state index is -0.516. The standard InChI is InChI=1S/C21H20ClN3O3/c1-21(2,3)20(27)24-16-6-4-5-15(11-16)23-19(26)17-12-18(28-25-17)13-7-9-14(22)10-8-13/h4-12H,1-3H3,(H,23,26)(H,24,27). The van der Waals surface area contributed by atoms with E-state index in [1.807, 2.05) is 20.8 Å². The first-order valence-electron chi connectivity index (χ1n) is 8.68. The summed E-state index contributed by atoms with van der Waals surface area (Å²) in [7, 11) is 0. The number of halogens is 1. The third-order valence-electron chi connectivity index (χ3n) is 3.93. The Balaban J connectivity index is 1.71. The molecule has 6 nitrogen and oxygen atoms in total. The van der Waals surface area contributed by atoms with Gasteiger partial charge in [0.15, 0.2) is 11.5 Å². The van der Waals surface area contributed by atoms with Crippen LogP contribution in [0.1, 0.15) is 31.3 Å². The third kappa shape index (κ3) is 4.78. The number of aromatic nitrogens is 1. The van der Waals surface area contributed by atoms with E-state index in [9.17, 15) is 9.59 Å². The van der Waals surface area contributed by atoms with Gasteiger partial charge >= 0.3 is 0 Å². The summed E-state index contributed by atoms with van der Waals surface area (Å²) in [6, 6.07) is 15.5. The first-order valence-corrected chi connectivity index (χ1v) is 9.06. The molecule has 0 bridgehead atoms.